The summed E-state index contributed by atoms with van der Waals surface area (Å²) in [5.41, 5.74) is -0.309. The molecule has 1 atom stereocenters. The molecule has 0 fully saturated rings. The molecule has 0 aliphatic heterocycles. The van der Waals surface area contributed by atoms with Crippen molar-refractivity contribution in [1.82, 2.24) is 0 Å². The summed E-state index contributed by atoms with van der Waals surface area (Å²) >= 11 is 0. The molecule has 0 rings (SSSR count). The van der Waals surface area contributed by atoms with Crippen LogP contribution >= 0.6 is 0 Å². The molecule has 0 saturated carbocycles. The average Bonchev–Trinajstić information content (AvgIpc) is 1.60. The Kier molecular flexibility index (Phi) is 3.03. The molecular formula is C8H16O2. The van der Waals surface area contributed by atoms with E-state index in [4.69, 9.17) is 5.11 Å². The fourth-order valence-electron chi connectivity index (χ4n) is 0.574. The summed E-state index contributed by atoms with van der Waals surface area (Å²) in [6.07, 6.45) is -0.240. The zero-order valence-electron chi connectivity index (χ0n) is 7.14. The molecule has 0 heterocycles. The topological polar surface area (TPSA) is 37.3 Å². The lowest BCUT2D eigenvalue weighted by molar-refractivity contribution is -0.128. The van der Waals surface area contributed by atoms with Gasteiger partial charge in [-0.05, 0) is 6.92 Å². The molecule has 0 aliphatic rings. The molecule has 0 aliphatic carbocycles. The van der Waals surface area contributed by atoms with Gasteiger partial charge in [0.1, 0.15) is 5.78 Å². The van der Waals surface area contributed by atoms with Gasteiger partial charge >= 0.3 is 0 Å². The highest BCUT2D eigenvalue weighted by molar-refractivity contribution is 5.83. The third kappa shape index (κ3) is 3.62. The Labute approximate surface area is 62.2 Å². The Balaban J connectivity index is 3.87. The van der Waals surface area contributed by atoms with Gasteiger partial charge in [-0.3, -0.25) is 4.79 Å². The van der Waals surface area contributed by atoms with Crippen LogP contribution in [-0.2, 0) is 4.79 Å². The SMILES string of the molecule is C[C@@H](O)CC(=O)C(C)(C)C. The highest BCUT2D eigenvalue weighted by Crippen LogP contribution is 2.17. The number of carbonyl (C=O) groups excluding carboxylic acids is 1. The first kappa shape index (κ1) is 9.63. The van der Waals surface area contributed by atoms with Crippen LogP contribution in [0.25, 0.3) is 0 Å². The summed E-state index contributed by atoms with van der Waals surface area (Å²) in [4.78, 5) is 11.1. The largest absolute Gasteiger partial charge is 0.393 e. The molecule has 10 heavy (non-hydrogen) atoms. The minimum Gasteiger partial charge on any atom is -0.393 e. The van der Waals surface area contributed by atoms with Crippen molar-refractivity contribution in [2.75, 3.05) is 0 Å². The van der Waals surface area contributed by atoms with Crippen LogP contribution in [0.15, 0.2) is 0 Å². The molecule has 1 N–H and O–H groups in total. The Morgan fingerprint density at radius 3 is 2.00 bits per heavy atom. The number of hydrogen-bond acceptors (Lipinski definition) is 2. The molecule has 0 bridgehead atoms. The van der Waals surface area contributed by atoms with Gasteiger partial charge in [0.25, 0.3) is 0 Å². The van der Waals surface area contributed by atoms with E-state index in [1.807, 2.05) is 20.8 Å². The van der Waals surface area contributed by atoms with Crippen LogP contribution < -0.4 is 0 Å². The van der Waals surface area contributed by atoms with Crippen LogP contribution in [0.5, 0.6) is 0 Å². The molecule has 0 spiro atoms. The van der Waals surface area contributed by atoms with E-state index in [1.54, 1.807) is 6.92 Å². The Morgan fingerprint density at radius 2 is 1.90 bits per heavy atom. The molecule has 0 aromatic rings. The predicted molar refractivity (Wildman–Crippen MR) is 40.8 cm³/mol. The van der Waals surface area contributed by atoms with Gasteiger partial charge in [-0.15, -0.1) is 0 Å². The first-order chi connectivity index (χ1) is 4.34. The van der Waals surface area contributed by atoms with Gasteiger partial charge in [-0.2, -0.15) is 0 Å². The smallest absolute Gasteiger partial charge is 0.140 e. The molecule has 0 unspecified atom stereocenters. The number of rotatable bonds is 2. The van der Waals surface area contributed by atoms with Crippen molar-refractivity contribution in [3.8, 4) is 0 Å². The molecule has 0 saturated heterocycles. The Bertz CT molecular complexity index is 120. The maximum atomic E-state index is 11.1. The zero-order chi connectivity index (χ0) is 8.36. The summed E-state index contributed by atoms with van der Waals surface area (Å²) in [6, 6.07) is 0. The second-order valence-corrected chi connectivity index (χ2v) is 3.73. The maximum absolute atomic E-state index is 11.1. The van der Waals surface area contributed by atoms with Crippen molar-refractivity contribution in [1.29, 1.82) is 0 Å². The predicted octanol–water partition coefficient (Wildman–Crippen LogP) is 1.37. The second kappa shape index (κ2) is 3.15. The molecule has 0 aromatic heterocycles. The van der Waals surface area contributed by atoms with Crippen molar-refractivity contribution in [2.45, 2.75) is 40.2 Å². The van der Waals surface area contributed by atoms with Crippen LogP contribution in [0.2, 0.25) is 0 Å². The van der Waals surface area contributed by atoms with Gasteiger partial charge in [0.2, 0.25) is 0 Å². The number of carbonyl (C=O) groups is 1. The standard InChI is InChI=1S/C8H16O2/c1-6(9)5-7(10)8(2,3)4/h6,9H,5H2,1-4H3/t6-/m1/s1. The number of Topliss-reactive ketones (excluding diaryl/α,β-unsaturated/α-hetero) is 1. The van der Waals surface area contributed by atoms with Crippen molar-refractivity contribution >= 4 is 5.78 Å². The average molecular weight is 144 g/mol. The summed E-state index contributed by atoms with van der Waals surface area (Å²) in [7, 11) is 0. The summed E-state index contributed by atoms with van der Waals surface area (Å²) in [5.74, 6) is 0.113. The number of aliphatic hydroxyl groups excluding tert-OH is 1. The molecule has 0 amide bonds. The van der Waals surface area contributed by atoms with Crippen LogP contribution in [0, 0.1) is 5.41 Å². The summed E-state index contributed by atoms with van der Waals surface area (Å²) in [5, 5.41) is 8.87. The van der Waals surface area contributed by atoms with Crippen LogP contribution in [-0.4, -0.2) is 17.0 Å². The van der Waals surface area contributed by atoms with Crippen LogP contribution in [0.3, 0.4) is 0 Å². The minimum absolute atomic E-state index is 0.113. The number of aliphatic hydroxyl groups is 1. The van der Waals surface area contributed by atoms with Gasteiger partial charge in [0.15, 0.2) is 0 Å². The van der Waals surface area contributed by atoms with E-state index in [9.17, 15) is 4.79 Å². The van der Waals surface area contributed by atoms with Gasteiger partial charge < -0.3 is 5.11 Å². The zero-order valence-corrected chi connectivity index (χ0v) is 7.14. The Morgan fingerprint density at radius 1 is 1.50 bits per heavy atom. The van der Waals surface area contributed by atoms with E-state index in [0.29, 0.717) is 0 Å². The Hall–Kier alpha value is -0.370. The first-order valence-electron chi connectivity index (χ1n) is 3.55. The highest BCUT2D eigenvalue weighted by Gasteiger charge is 2.21. The van der Waals surface area contributed by atoms with Crippen LogP contribution in [0.4, 0.5) is 0 Å². The van der Waals surface area contributed by atoms with E-state index >= 15 is 0 Å². The van der Waals surface area contributed by atoms with Crippen molar-refractivity contribution < 1.29 is 9.90 Å². The molecule has 2 nitrogen and oxygen atoms in total. The van der Waals surface area contributed by atoms with Gasteiger partial charge in [0, 0.05) is 11.8 Å². The van der Waals surface area contributed by atoms with Gasteiger partial charge in [-0.25, -0.2) is 0 Å². The van der Waals surface area contributed by atoms with E-state index < -0.39 is 6.10 Å². The van der Waals surface area contributed by atoms with E-state index in [1.165, 1.54) is 0 Å². The molecule has 0 radical (unpaired) electrons. The van der Waals surface area contributed by atoms with Gasteiger partial charge in [-0.1, -0.05) is 20.8 Å². The molecule has 0 aromatic carbocycles. The third-order valence-corrected chi connectivity index (χ3v) is 1.32. The molecule has 60 valence electrons. The normalized spacial score (nSPS) is 14.9. The van der Waals surface area contributed by atoms with Crippen molar-refractivity contribution in [3.63, 3.8) is 0 Å². The van der Waals surface area contributed by atoms with Crippen molar-refractivity contribution in [3.05, 3.63) is 0 Å². The van der Waals surface area contributed by atoms with Crippen LogP contribution in [0.1, 0.15) is 34.1 Å². The van der Waals surface area contributed by atoms with E-state index in [0.717, 1.165) is 0 Å². The fraction of sp³-hybridized carbons (Fsp3) is 0.875. The fourth-order valence-corrected chi connectivity index (χ4v) is 0.574. The lowest BCUT2D eigenvalue weighted by atomic mass is 9.88. The second-order valence-electron chi connectivity index (χ2n) is 3.73. The van der Waals surface area contributed by atoms with Crippen molar-refractivity contribution in [2.24, 2.45) is 5.41 Å². The summed E-state index contributed by atoms with van der Waals surface area (Å²) in [6.45, 7) is 7.21. The maximum Gasteiger partial charge on any atom is 0.140 e. The molecule has 2 heteroatoms. The monoisotopic (exact) mass is 144 g/mol. The number of ketones is 1. The van der Waals surface area contributed by atoms with Gasteiger partial charge in [0.05, 0.1) is 6.10 Å². The molecular weight excluding hydrogens is 128 g/mol. The number of hydrogen-bond donors (Lipinski definition) is 1. The first-order valence-corrected chi connectivity index (χ1v) is 3.55. The van der Waals surface area contributed by atoms with E-state index in [2.05, 4.69) is 0 Å². The lowest BCUT2D eigenvalue weighted by Gasteiger charge is -2.17. The minimum atomic E-state index is -0.508. The summed E-state index contributed by atoms with van der Waals surface area (Å²) < 4.78 is 0. The highest BCUT2D eigenvalue weighted by atomic mass is 16.3. The quantitative estimate of drug-likeness (QED) is 0.635. The lowest BCUT2D eigenvalue weighted by Crippen LogP contribution is -2.23. The van der Waals surface area contributed by atoms with E-state index in [-0.39, 0.29) is 17.6 Å². The third-order valence-electron chi connectivity index (χ3n) is 1.32.